The summed E-state index contributed by atoms with van der Waals surface area (Å²) in [5, 5.41) is 0.747. The smallest absolute Gasteiger partial charge is 0.282 e. The second kappa shape index (κ2) is 17.1. The van der Waals surface area contributed by atoms with E-state index in [4.69, 9.17) is 35.3 Å². The van der Waals surface area contributed by atoms with Crippen molar-refractivity contribution in [2.75, 3.05) is 66.1 Å². The van der Waals surface area contributed by atoms with Crippen LogP contribution in [0.15, 0.2) is 58.2 Å². The molecule has 6 aliphatic rings. The first-order valence-electron chi connectivity index (χ1n) is 19.2. The van der Waals surface area contributed by atoms with Crippen LogP contribution >= 0.6 is 11.6 Å². The van der Waals surface area contributed by atoms with Crippen molar-refractivity contribution in [3.05, 3.63) is 70.0 Å². The van der Waals surface area contributed by atoms with Crippen LogP contribution in [0.2, 0.25) is 5.02 Å². The number of nitrogens with zero attached hydrogens (tertiary/aromatic N) is 2. The molecule has 2 saturated heterocycles. The van der Waals surface area contributed by atoms with Crippen molar-refractivity contribution in [2.45, 2.75) is 81.5 Å². The molecule has 1 saturated carbocycles. The van der Waals surface area contributed by atoms with Gasteiger partial charge in [0.05, 0.1) is 37.2 Å². The van der Waals surface area contributed by atoms with Gasteiger partial charge in [-0.05, 0) is 105 Å². The molecule has 7 atom stereocenters. The molecule has 0 aromatic heterocycles. The van der Waals surface area contributed by atoms with Crippen LogP contribution in [0.1, 0.15) is 62.5 Å². The summed E-state index contributed by atoms with van der Waals surface area (Å²) in [6.45, 7) is 3.29. The van der Waals surface area contributed by atoms with Gasteiger partial charge in [-0.1, -0.05) is 29.8 Å². The number of ether oxygens (including phenoxy) is 5. The number of halogens is 1. The first-order chi connectivity index (χ1) is 25.7. The zero-order valence-corrected chi connectivity index (χ0v) is 32.5. The number of carbonyl (C=O) groups is 2. The lowest BCUT2D eigenvalue weighted by Crippen LogP contribution is -2.51. The van der Waals surface area contributed by atoms with Gasteiger partial charge in [0, 0.05) is 63.0 Å². The Morgan fingerprint density at radius 2 is 2.02 bits per heavy atom. The molecular weight excluding hydrogens is 718 g/mol. The van der Waals surface area contributed by atoms with Gasteiger partial charge >= 0.3 is 0 Å². The fourth-order valence-corrected chi connectivity index (χ4v) is 11.3. The number of rotatable bonds is 7. The van der Waals surface area contributed by atoms with E-state index in [1.807, 2.05) is 12.1 Å². The molecule has 2 unspecified atom stereocenters. The molecular formula is C40H54ClN3O8S. The summed E-state index contributed by atoms with van der Waals surface area (Å²) in [7, 11) is -0.211. The topological polar surface area (TPSA) is 125 Å². The maximum Gasteiger partial charge on any atom is 0.282 e. The van der Waals surface area contributed by atoms with Crippen LogP contribution in [-0.2, 0) is 55.0 Å². The van der Waals surface area contributed by atoms with Crippen LogP contribution in [-0.4, -0.2) is 105 Å². The van der Waals surface area contributed by atoms with E-state index in [0.29, 0.717) is 62.9 Å². The Hall–Kier alpha value is -2.58. The van der Waals surface area contributed by atoms with Gasteiger partial charge in [0.2, 0.25) is 0 Å². The van der Waals surface area contributed by atoms with Gasteiger partial charge in [0.1, 0.15) is 22.3 Å². The number of nitrogens with one attached hydrogen (secondary N) is 1. The molecule has 1 spiro atoms. The summed E-state index contributed by atoms with van der Waals surface area (Å²) in [5.41, 5.74) is 2.78. The molecule has 2 amide bonds. The molecule has 11 nitrogen and oxygen atoms in total. The van der Waals surface area contributed by atoms with E-state index in [2.05, 4.69) is 38.3 Å². The normalized spacial score (nSPS) is 34.5. The summed E-state index contributed by atoms with van der Waals surface area (Å²) in [6, 6.07) is 6.07. The third-order valence-electron chi connectivity index (χ3n) is 12.1. The van der Waals surface area contributed by atoms with E-state index in [9.17, 15) is 13.8 Å². The first kappa shape index (κ1) is 38.7. The quantitative estimate of drug-likeness (QED) is 0.367. The van der Waals surface area contributed by atoms with E-state index >= 15 is 0 Å². The largest absolute Gasteiger partial charge is 0.495 e. The predicted octanol–water partition coefficient (Wildman–Crippen LogP) is 5.31. The Morgan fingerprint density at radius 1 is 1.17 bits per heavy atom. The van der Waals surface area contributed by atoms with Crippen LogP contribution in [0.3, 0.4) is 0 Å². The molecule has 7 rings (SSSR count). The molecule has 0 radical (unpaired) electrons. The first-order valence-corrected chi connectivity index (χ1v) is 21.3. The van der Waals surface area contributed by atoms with Gasteiger partial charge in [0.15, 0.2) is 0 Å². The van der Waals surface area contributed by atoms with Crippen molar-refractivity contribution >= 4 is 33.3 Å². The van der Waals surface area contributed by atoms with Crippen LogP contribution in [0.25, 0.3) is 0 Å². The molecule has 3 fully saturated rings. The van der Waals surface area contributed by atoms with E-state index in [-0.39, 0.29) is 48.5 Å². The van der Waals surface area contributed by atoms with Gasteiger partial charge in [0.25, 0.3) is 11.8 Å². The highest BCUT2D eigenvalue weighted by atomic mass is 35.5. The van der Waals surface area contributed by atoms with E-state index in [1.54, 1.807) is 20.3 Å². The lowest BCUT2D eigenvalue weighted by atomic mass is 9.68. The van der Waals surface area contributed by atoms with Crippen LogP contribution in [0.5, 0.6) is 0 Å². The zero-order chi connectivity index (χ0) is 37.0. The summed E-state index contributed by atoms with van der Waals surface area (Å²) >= 11 is 6.47. The third-order valence-corrected chi connectivity index (χ3v) is 14.3. The average molecular weight is 772 g/mol. The number of fused-ring (bicyclic) bond motifs is 4. The minimum Gasteiger partial charge on any atom is -0.495 e. The minimum absolute atomic E-state index is 0.0530. The highest BCUT2D eigenvalue weighted by molar-refractivity contribution is 7.92. The standard InChI is InChI=1S/C40H54ClN3O8S/c1-48-22-27-5-3-7-36(49-2)33-11-8-30(33)21-44-25-40(16-4-6-28-19-31(41)10-12-34(28)40)26-52-37-13-9-29(20-35(37)44)39(46)43-53(47,24-27)42-38(45)23-51-32-14-17-50-18-15-32/h3,7,9-10,12-13,19,27,30,32-33,35-36H,4-6,8,11,14-18,20-26H2,1-2H3,(H,42,43,45,46,47)/b7-3+/t27-,30+,33-,35?,36+,40+,53?/m1/s1. The van der Waals surface area contributed by atoms with Crippen molar-refractivity contribution in [1.82, 2.24) is 9.62 Å². The van der Waals surface area contributed by atoms with E-state index in [0.717, 1.165) is 56.0 Å². The minimum atomic E-state index is -3.57. The SMILES string of the molecule is COC[C@H]1C/C=C/[C@H](OC)[C@@H]2CC[C@H]2CN2C[C@@]3(CCCc4cc(Cl)ccc43)COC3=CC=C(CC32)C(=O)N=S(=O)(NC(=O)COC2CCOCC2)C1. The maximum absolute atomic E-state index is 14.7. The number of methoxy groups -OCH3 is 2. The lowest BCUT2D eigenvalue weighted by Gasteiger charge is -2.46. The summed E-state index contributed by atoms with van der Waals surface area (Å²) < 4.78 is 51.2. The fourth-order valence-electron chi connectivity index (χ4n) is 9.23. The Kier molecular flexibility index (Phi) is 12.4. The van der Waals surface area contributed by atoms with Crippen molar-refractivity contribution < 1.29 is 37.5 Å². The van der Waals surface area contributed by atoms with Crippen molar-refractivity contribution in [1.29, 1.82) is 0 Å². The number of benzene rings is 1. The molecule has 2 bridgehead atoms. The summed E-state index contributed by atoms with van der Waals surface area (Å²) in [5.74, 6) is 0.0847. The number of carbonyl (C=O) groups excluding carboxylic acids is 2. The fraction of sp³-hybridized carbons (Fsp3) is 0.650. The van der Waals surface area contributed by atoms with Crippen molar-refractivity contribution in [3.63, 3.8) is 0 Å². The number of aryl methyl sites for hydroxylation is 1. The monoisotopic (exact) mass is 771 g/mol. The van der Waals surface area contributed by atoms with Crippen molar-refractivity contribution in [3.8, 4) is 0 Å². The zero-order valence-electron chi connectivity index (χ0n) is 31.0. The third kappa shape index (κ3) is 8.95. The van der Waals surface area contributed by atoms with Gasteiger partial charge in [-0.2, -0.15) is 0 Å². The highest BCUT2D eigenvalue weighted by Crippen LogP contribution is 2.46. The molecule has 53 heavy (non-hydrogen) atoms. The Balaban J connectivity index is 1.22. The average Bonchev–Trinajstić information content (AvgIpc) is 3.28. The van der Waals surface area contributed by atoms with Crippen molar-refractivity contribution in [2.24, 2.45) is 22.1 Å². The van der Waals surface area contributed by atoms with Gasteiger partial charge < -0.3 is 23.7 Å². The molecule has 1 N–H and O–H groups in total. The Labute approximate surface area is 319 Å². The Bertz CT molecular complexity index is 1730. The molecule has 3 heterocycles. The molecule has 13 heteroatoms. The molecule has 1 aromatic carbocycles. The molecule has 1 aromatic rings. The van der Waals surface area contributed by atoms with E-state index < -0.39 is 21.7 Å². The second-order valence-corrected chi connectivity index (χ2v) is 18.1. The molecule has 3 aliphatic carbocycles. The van der Waals surface area contributed by atoms with Gasteiger partial charge in [-0.25, -0.2) is 4.21 Å². The molecule has 3 aliphatic heterocycles. The summed E-state index contributed by atoms with van der Waals surface area (Å²) in [6.07, 6.45) is 15.1. The number of allylic oxidation sites excluding steroid dienone is 3. The summed E-state index contributed by atoms with van der Waals surface area (Å²) in [4.78, 5) is 29.9. The lowest BCUT2D eigenvalue weighted by molar-refractivity contribution is -0.128. The number of hydrogen-bond acceptors (Lipinski definition) is 9. The Morgan fingerprint density at radius 3 is 2.79 bits per heavy atom. The van der Waals surface area contributed by atoms with E-state index in [1.165, 1.54) is 11.1 Å². The predicted molar refractivity (Wildman–Crippen MR) is 203 cm³/mol. The maximum atomic E-state index is 14.7. The van der Waals surface area contributed by atoms with Gasteiger partial charge in [-0.15, -0.1) is 4.36 Å². The number of amides is 2. The highest BCUT2D eigenvalue weighted by Gasteiger charge is 2.47. The molecule has 290 valence electrons. The van der Waals surface area contributed by atoms with Crippen LogP contribution in [0.4, 0.5) is 0 Å². The number of hydrogen-bond donors (Lipinski definition) is 1. The van der Waals surface area contributed by atoms with Crippen LogP contribution < -0.4 is 4.72 Å². The van der Waals surface area contributed by atoms with Gasteiger partial charge in [-0.3, -0.25) is 19.2 Å². The van der Waals surface area contributed by atoms with Crippen LogP contribution in [0, 0.1) is 17.8 Å². The second-order valence-electron chi connectivity index (χ2n) is 15.7.